The molecule has 604 valence electrons. The summed E-state index contributed by atoms with van der Waals surface area (Å²) in [6.45, 7) is 33.9. The van der Waals surface area contributed by atoms with E-state index >= 15 is 4.39 Å². The fourth-order valence-electron chi connectivity index (χ4n) is 15.6. The molecule has 24 heteroatoms. The second kappa shape index (κ2) is 36.4. The Bertz CT molecular complexity index is 4210. The molecule has 1 amide bonds. The van der Waals surface area contributed by atoms with E-state index in [1.54, 1.807) is 47.4 Å². The highest BCUT2D eigenvalue weighted by Gasteiger charge is 2.41. The Morgan fingerprint density at radius 2 is 0.827 bits per heavy atom. The van der Waals surface area contributed by atoms with Crippen LogP contribution in [-0.4, -0.2) is 161 Å². The third-order valence-corrected chi connectivity index (χ3v) is 27.4. The quantitative estimate of drug-likeness (QED) is 0.0541. The van der Waals surface area contributed by atoms with Crippen LogP contribution in [0.15, 0.2) is 142 Å². The van der Waals surface area contributed by atoms with Crippen LogP contribution in [0.1, 0.15) is 199 Å². The average Bonchev–Trinajstić information content (AvgIpc) is 0.701. The number of carbonyl (C=O) groups is 1. The van der Waals surface area contributed by atoms with Gasteiger partial charge in [-0.3, -0.25) is 12.9 Å². The standard InChI is InChI=1S/C31H45N3O5S.C28H40N2O4S.C27H37FN2O4S/c1-7-23-8-10-25(11-9-23)34(21-22(2)3)40(37,38)26-12-13-28-27(20-26)29(35)16-19-33(28)24-14-17-32(18-15-24)30(36)39-31(4,5)6;1-5-22-6-8-23(9-7-22)30(19-21(2)3)35(32,33)24-10-11-26-25(18-24)27(31)12-15-29(26)20-28(4)13-16-34-17-14-28;1-4-21-5-7-22(8-6-21)30(18-20(2)3)35(32,33)23-9-10-25-24(17-23)26(31)11-14-29(25)19-27(28)12-15-34-16-13-27/h8-13,20,22,24,29,35H,7,14-19,21H2,1-6H3;6-11,18,21,27,31H,5,12-17,19-20H2,1-4H3;5-10,17,20,26,31H,4,11-16,18-19H2,1-3H3. The fraction of sp³-hybridized carbons (Fsp3) is 0.570. The molecule has 3 atom stereocenters. The molecule has 3 N–H and O–H groups in total. The topological polar surface area (TPSA) is 231 Å². The van der Waals surface area contributed by atoms with E-state index in [0.717, 1.165) is 93.8 Å². The molecular formula is C86H122FN7O13S3. The van der Waals surface area contributed by atoms with E-state index in [-0.39, 0.29) is 56.5 Å². The maximum absolute atomic E-state index is 15.4. The molecule has 12 rings (SSSR count). The van der Waals surface area contributed by atoms with Gasteiger partial charge in [0, 0.05) is 138 Å². The molecule has 6 aromatic rings. The summed E-state index contributed by atoms with van der Waals surface area (Å²) in [5, 5.41) is 32.5. The van der Waals surface area contributed by atoms with Gasteiger partial charge in [-0.2, -0.15) is 0 Å². The number of aliphatic hydroxyl groups excluding tert-OH is 3. The molecule has 0 bridgehead atoms. The van der Waals surface area contributed by atoms with Crippen molar-refractivity contribution in [3.8, 4) is 0 Å². The number of likely N-dealkylation sites (tertiary alicyclic amines) is 1. The normalized spacial score (nSPS) is 19.5. The van der Waals surface area contributed by atoms with Gasteiger partial charge in [-0.05, 0) is 216 Å². The minimum atomic E-state index is -3.87. The molecule has 0 spiro atoms. The predicted octanol–water partition coefficient (Wildman–Crippen LogP) is 15.8. The lowest BCUT2D eigenvalue weighted by atomic mass is 9.81. The maximum Gasteiger partial charge on any atom is 0.410 e. The maximum atomic E-state index is 15.4. The van der Waals surface area contributed by atoms with E-state index in [1.807, 2.05) is 152 Å². The van der Waals surface area contributed by atoms with Crippen LogP contribution in [0.4, 0.5) is 43.3 Å². The number of benzene rings is 6. The van der Waals surface area contributed by atoms with Gasteiger partial charge in [0.05, 0.1) is 56.6 Å². The van der Waals surface area contributed by atoms with Crippen molar-refractivity contribution in [3.05, 3.63) is 161 Å². The second-order valence-corrected chi connectivity index (χ2v) is 38.9. The Morgan fingerprint density at radius 3 is 1.18 bits per heavy atom. The third-order valence-electron chi connectivity index (χ3n) is 22.0. The largest absolute Gasteiger partial charge is 0.444 e. The average molecular weight is 1580 g/mol. The smallest absolute Gasteiger partial charge is 0.410 e. The van der Waals surface area contributed by atoms with E-state index < -0.39 is 59.7 Å². The number of carbonyl (C=O) groups excluding carboxylic acids is 1. The van der Waals surface area contributed by atoms with Crippen molar-refractivity contribution < 1.29 is 64.0 Å². The van der Waals surface area contributed by atoms with Crippen LogP contribution in [0.2, 0.25) is 0 Å². The first-order valence-electron chi connectivity index (χ1n) is 40.0. The first-order valence-corrected chi connectivity index (χ1v) is 44.3. The lowest BCUT2D eigenvalue weighted by Crippen LogP contribution is -2.49. The van der Waals surface area contributed by atoms with Gasteiger partial charge in [-0.25, -0.2) is 34.4 Å². The number of nitrogens with zero attached hydrogens (tertiary/aromatic N) is 7. The summed E-state index contributed by atoms with van der Waals surface area (Å²) in [6, 6.07) is 38.6. The summed E-state index contributed by atoms with van der Waals surface area (Å²) in [5.74, 6) is 0.412. The number of anilines is 6. The van der Waals surface area contributed by atoms with Gasteiger partial charge in [0.1, 0.15) is 11.3 Å². The summed E-state index contributed by atoms with van der Waals surface area (Å²) in [5.41, 5.74) is 8.09. The molecule has 6 aliphatic rings. The van der Waals surface area contributed by atoms with Gasteiger partial charge >= 0.3 is 6.09 Å². The van der Waals surface area contributed by atoms with Crippen LogP contribution >= 0.6 is 0 Å². The zero-order valence-electron chi connectivity index (χ0n) is 67.2. The Hall–Kier alpha value is -7.03. The number of hydrogen-bond donors (Lipinski definition) is 3. The molecule has 6 heterocycles. The van der Waals surface area contributed by atoms with E-state index in [1.165, 1.54) is 18.5 Å². The summed E-state index contributed by atoms with van der Waals surface area (Å²) < 4.78 is 120. The van der Waals surface area contributed by atoms with Crippen molar-refractivity contribution >= 4 is 70.3 Å². The number of hydrogen-bond acceptors (Lipinski definition) is 16. The SMILES string of the molecule is CCc1ccc(N(CC(C)C)S(=O)(=O)c2ccc3c(c2)C(O)CCN3C2CCN(C(=O)OC(C)(C)C)CC2)cc1.CCc1ccc(N(CC(C)C)S(=O)(=O)c2ccc3c(c2)C(O)CCN3CC2(C)CCOCC2)cc1.CCc1ccc(N(CC(C)C)S(=O)(=O)c2ccc3c(c2)C(O)CCN3CC2(F)CCOCC2)cc1. The molecule has 3 saturated heterocycles. The molecular weight excluding hydrogens is 1450 g/mol. The van der Waals surface area contributed by atoms with E-state index in [9.17, 15) is 45.4 Å². The molecule has 20 nitrogen and oxygen atoms in total. The van der Waals surface area contributed by atoms with Crippen molar-refractivity contribution in [3.63, 3.8) is 0 Å². The second-order valence-electron chi connectivity index (χ2n) is 33.3. The number of aryl methyl sites for hydroxylation is 3. The van der Waals surface area contributed by atoms with Gasteiger partial charge in [-0.1, -0.05) is 106 Å². The minimum absolute atomic E-state index is 0.120. The first kappa shape index (κ1) is 85.4. The molecule has 110 heavy (non-hydrogen) atoms. The monoisotopic (exact) mass is 1580 g/mol. The lowest BCUT2D eigenvalue weighted by Gasteiger charge is -2.43. The van der Waals surface area contributed by atoms with Crippen LogP contribution in [0, 0.1) is 23.2 Å². The molecule has 0 saturated carbocycles. The molecule has 0 aliphatic carbocycles. The minimum Gasteiger partial charge on any atom is -0.444 e. The van der Waals surface area contributed by atoms with E-state index in [4.69, 9.17) is 14.2 Å². The van der Waals surface area contributed by atoms with Crippen LogP contribution in [0.5, 0.6) is 0 Å². The third kappa shape index (κ3) is 20.9. The van der Waals surface area contributed by atoms with Crippen LogP contribution in [0.3, 0.4) is 0 Å². The summed E-state index contributed by atoms with van der Waals surface area (Å²) >= 11 is 0. The molecule has 3 unspecified atom stereocenters. The number of amides is 1. The van der Waals surface area contributed by atoms with Crippen molar-refractivity contribution in [2.75, 3.05) is 119 Å². The molecule has 6 aliphatic heterocycles. The lowest BCUT2D eigenvalue weighted by molar-refractivity contribution is -0.00495. The van der Waals surface area contributed by atoms with Crippen molar-refractivity contribution in [2.45, 2.75) is 217 Å². The van der Waals surface area contributed by atoms with Crippen molar-refractivity contribution in [2.24, 2.45) is 23.2 Å². The summed E-state index contributed by atoms with van der Waals surface area (Å²) in [6.07, 6.45) is 6.01. The zero-order valence-corrected chi connectivity index (χ0v) is 69.7. The van der Waals surface area contributed by atoms with Crippen LogP contribution in [-0.2, 0) is 63.5 Å². The Kier molecular flexibility index (Phi) is 28.3. The van der Waals surface area contributed by atoms with Gasteiger partial charge in [0.15, 0.2) is 0 Å². The number of aliphatic hydroxyl groups is 3. The van der Waals surface area contributed by atoms with E-state index in [0.29, 0.717) is 131 Å². The van der Waals surface area contributed by atoms with Gasteiger partial charge < -0.3 is 49.1 Å². The van der Waals surface area contributed by atoms with Crippen LogP contribution in [0.25, 0.3) is 0 Å². The number of rotatable bonds is 23. The van der Waals surface area contributed by atoms with Gasteiger partial charge in [0.2, 0.25) is 0 Å². The van der Waals surface area contributed by atoms with Gasteiger partial charge in [0.25, 0.3) is 30.1 Å². The molecule has 6 aromatic carbocycles. The molecule has 0 aromatic heterocycles. The number of sulfonamides is 3. The predicted molar refractivity (Wildman–Crippen MR) is 438 cm³/mol. The number of alkyl halides is 1. The summed E-state index contributed by atoms with van der Waals surface area (Å²) in [4.78, 5) is 21.4. The number of fused-ring (bicyclic) bond motifs is 3. The van der Waals surface area contributed by atoms with Crippen molar-refractivity contribution in [1.82, 2.24) is 4.90 Å². The molecule has 0 radical (unpaired) electrons. The van der Waals surface area contributed by atoms with Crippen LogP contribution < -0.4 is 27.6 Å². The molecule has 3 fully saturated rings. The van der Waals surface area contributed by atoms with Crippen molar-refractivity contribution in [1.29, 1.82) is 0 Å². The first-order chi connectivity index (χ1) is 52.0. The highest BCUT2D eigenvalue weighted by molar-refractivity contribution is 7.93. The highest BCUT2D eigenvalue weighted by Crippen LogP contribution is 2.44. The number of piperidine rings is 1. The summed E-state index contributed by atoms with van der Waals surface area (Å²) in [7, 11) is -11.5. The Morgan fingerprint density at radius 1 is 0.491 bits per heavy atom. The Balaban J connectivity index is 0.000000176. The number of halogens is 1. The Labute approximate surface area is 656 Å². The number of ether oxygens (including phenoxy) is 3. The zero-order chi connectivity index (χ0) is 79.7. The van der Waals surface area contributed by atoms with Gasteiger partial charge in [-0.15, -0.1) is 0 Å². The van der Waals surface area contributed by atoms with E-state index in [2.05, 4.69) is 37.5 Å². The highest BCUT2D eigenvalue weighted by atomic mass is 32.2. The fourth-order valence-corrected chi connectivity index (χ4v) is 20.6.